The average molecular weight is 270 g/mol. The highest BCUT2D eigenvalue weighted by atomic mass is 35.5. The van der Waals surface area contributed by atoms with Crippen molar-refractivity contribution in [2.45, 2.75) is 6.54 Å². The number of halogens is 3. The zero-order valence-electron chi connectivity index (χ0n) is 8.88. The number of hydrogen-bond donors (Lipinski definition) is 1. The maximum Gasteiger partial charge on any atom is 0.127 e. The second-order valence-electron chi connectivity index (χ2n) is 3.63. The second-order valence-corrected chi connectivity index (χ2v) is 4.48. The molecule has 4 heteroatoms. The Morgan fingerprint density at radius 1 is 1.06 bits per heavy atom. The van der Waals surface area contributed by atoms with Gasteiger partial charge < -0.3 is 5.73 Å². The van der Waals surface area contributed by atoms with Gasteiger partial charge in [0, 0.05) is 27.7 Å². The van der Waals surface area contributed by atoms with Crippen LogP contribution in [0.4, 0.5) is 4.39 Å². The van der Waals surface area contributed by atoms with E-state index in [-0.39, 0.29) is 12.4 Å². The summed E-state index contributed by atoms with van der Waals surface area (Å²) in [5.74, 6) is -0.304. The molecule has 0 heterocycles. The normalized spacial score (nSPS) is 10.6. The summed E-state index contributed by atoms with van der Waals surface area (Å²) < 4.78 is 13.3. The monoisotopic (exact) mass is 269 g/mol. The zero-order chi connectivity index (χ0) is 12.4. The first kappa shape index (κ1) is 12.4. The summed E-state index contributed by atoms with van der Waals surface area (Å²) in [7, 11) is 0. The smallest absolute Gasteiger partial charge is 0.127 e. The van der Waals surface area contributed by atoms with E-state index in [1.54, 1.807) is 30.3 Å². The first-order valence-electron chi connectivity index (χ1n) is 5.05. The third kappa shape index (κ3) is 2.60. The lowest BCUT2D eigenvalue weighted by atomic mass is 10.0. The molecule has 2 rings (SSSR count). The standard InChI is InChI=1S/C13H10Cl2FN/c14-10-2-3-11(12(15)6-10)8-1-4-13(16)9(5-8)7-17/h1-6H,7,17H2. The molecule has 0 aliphatic carbocycles. The Balaban J connectivity index is 2.53. The Morgan fingerprint density at radius 3 is 2.47 bits per heavy atom. The largest absolute Gasteiger partial charge is 0.326 e. The number of rotatable bonds is 2. The van der Waals surface area contributed by atoms with Crippen LogP contribution in [0.3, 0.4) is 0 Å². The van der Waals surface area contributed by atoms with Gasteiger partial charge in [-0.05, 0) is 29.8 Å². The molecule has 0 bridgehead atoms. The lowest BCUT2D eigenvalue weighted by Gasteiger charge is -2.07. The fourth-order valence-corrected chi connectivity index (χ4v) is 2.14. The van der Waals surface area contributed by atoms with Gasteiger partial charge in [-0.15, -0.1) is 0 Å². The molecule has 0 saturated carbocycles. The van der Waals surface area contributed by atoms with Crippen LogP contribution >= 0.6 is 23.2 Å². The van der Waals surface area contributed by atoms with Gasteiger partial charge in [0.2, 0.25) is 0 Å². The summed E-state index contributed by atoms with van der Waals surface area (Å²) in [6.45, 7) is 0.158. The molecular weight excluding hydrogens is 260 g/mol. The first-order chi connectivity index (χ1) is 8.11. The van der Waals surface area contributed by atoms with Gasteiger partial charge in [-0.2, -0.15) is 0 Å². The van der Waals surface area contributed by atoms with Crippen LogP contribution in [0.5, 0.6) is 0 Å². The molecule has 0 aromatic heterocycles. The first-order valence-corrected chi connectivity index (χ1v) is 5.81. The minimum Gasteiger partial charge on any atom is -0.326 e. The van der Waals surface area contributed by atoms with Gasteiger partial charge >= 0.3 is 0 Å². The Kier molecular flexibility index (Phi) is 3.67. The lowest BCUT2D eigenvalue weighted by Crippen LogP contribution is -1.99. The topological polar surface area (TPSA) is 26.0 Å². The fraction of sp³-hybridized carbons (Fsp3) is 0.0769. The van der Waals surface area contributed by atoms with Gasteiger partial charge in [-0.1, -0.05) is 35.3 Å². The molecule has 0 aliphatic rings. The highest BCUT2D eigenvalue weighted by Crippen LogP contribution is 2.31. The molecule has 1 nitrogen and oxygen atoms in total. The van der Waals surface area contributed by atoms with Crippen molar-refractivity contribution in [3.63, 3.8) is 0 Å². The van der Waals surface area contributed by atoms with E-state index in [0.717, 1.165) is 11.1 Å². The Morgan fingerprint density at radius 2 is 1.82 bits per heavy atom. The molecule has 0 fully saturated rings. The van der Waals surface area contributed by atoms with Crippen LogP contribution in [0.25, 0.3) is 11.1 Å². The molecule has 2 aromatic carbocycles. The van der Waals surface area contributed by atoms with Gasteiger partial charge in [-0.3, -0.25) is 0 Å². The van der Waals surface area contributed by atoms with Crippen LogP contribution in [0.15, 0.2) is 36.4 Å². The zero-order valence-corrected chi connectivity index (χ0v) is 10.4. The minimum atomic E-state index is -0.304. The van der Waals surface area contributed by atoms with Crippen LogP contribution < -0.4 is 5.73 Å². The van der Waals surface area contributed by atoms with E-state index in [2.05, 4.69) is 0 Å². The predicted octanol–water partition coefficient (Wildman–Crippen LogP) is 4.26. The van der Waals surface area contributed by atoms with Gasteiger partial charge in [0.15, 0.2) is 0 Å². The third-order valence-corrected chi connectivity index (χ3v) is 3.06. The van der Waals surface area contributed by atoms with Crippen LogP contribution in [-0.4, -0.2) is 0 Å². The highest BCUT2D eigenvalue weighted by molar-refractivity contribution is 6.36. The van der Waals surface area contributed by atoms with Crippen molar-refractivity contribution in [2.24, 2.45) is 5.73 Å². The average Bonchev–Trinajstić information content (AvgIpc) is 2.30. The van der Waals surface area contributed by atoms with Crippen LogP contribution in [0.1, 0.15) is 5.56 Å². The Hall–Kier alpha value is -1.09. The molecule has 17 heavy (non-hydrogen) atoms. The lowest BCUT2D eigenvalue weighted by molar-refractivity contribution is 0.611. The van der Waals surface area contributed by atoms with Crippen molar-refractivity contribution in [3.8, 4) is 11.1 Å². The summed E-state index contributed by atoms with van der Waals surface area (Å²) in [5.41, 5.74) is 7.57. The Labute approximate surface area is 109 Å². The van der Waals surface area contributed by atoms with E-state index in [9.17, 15) is 4.39 Å². The number of hydrogen-bond acceptors (Lipinski definition) is 1. The summed E-state index contributed by atoms with van der Waals surface area (Å²) >= 11 is 11.9. The van der Waals surface area contributed by atoms with E-state index >= 15 is 0 Å². The summed E-state index contributed by atoms with van der Waals surface area (Å²) in [6.07, 6.45) is 0. The third-order valence-electron chi connectivity index (χ3n) is 2.51. The van der Waals surface area contributed by atoms with Crippen molar-refractivity contribution in [3.05, 3.63) is 57.8 Å². The number of benzene rings is 2. The SMILES string of the molecule is NCc1cc(-c2ccc(Cl)cc2Cl)ccc1F. The molecule has 2 N–H and O–H groups in total. The summed E-state index contributed by atoms with van der Waals surface area (Å²) in [6, 6.07) is 9.97. The van der Waals surface area contributed by atoms with Crippen molar-refractivity contribution in [1.29, 1.82) is 0 Å². The quantitative estimate of drug-likeness (QED) is 0.866. The molecule has 0 unspecified atom stereocenters. The van der Waals surface area contributed by atoms with Gasteiger partial charge in [0.05, 0.1) is 0 Å². The maximum absolute atomic E-state index is 13.3. The van der Waals surface area contributed by atoms with Crippen molar-refractivity contribution < 1.29 is 4.39 Å². The van der Waals surface area contributed by atoms with Crippen molar-refractivity contribution in [1.82, 2.24) is 0 Å². The van der Waals surface area contributed by atoms with Gasteiger partial charge in [0.25, 0.3) is 0 Å². The maximum atomic E-state index is 13.3. The molecule has 0 radical (unpaired) electrons. The van der Waals surface area contributed by atoms with E-state index in [1.807, 2.05) is 0 Å². The molecule has 88 valence electrons. The molecule has 0 spiro atoms. The van der Waals surface area contributed by atoms with Gasteiger partial charge in [-0.25, -0.2) is 4.39 Å². The molecule has 0 amide bonds. The Bertz CT molecular complexity index is 555. The second kappa shape index (κ2) is 5.05. The predicted molar refractivity (Wildman–Crippen MR) is 69.7 cm³/mol. The van der Waals surface area contributed by atoms with Crippen molar-refractivity contribution >= 4 is 23.2 Å². The van der Waals surface area contributed by atoms with E-state index < -0.39 is 0 Å². The molecule has 0 saturated heterocycles. The van der Waals surface area contributed by atoms with Crippen LogP contribution in [0, 0.1) is 5.82 Å². The van der Waals surface area contributed by atoms with Crippen LogP contribution in [0.2, 0.25) is 10.0 Å². The molecule has 0 aliphatic heterocycles. The van der Waals surface area contributed by atoms with Gasteiger partial charge in [0.1, 0.15) is 5.82 Å². The minimum absolute atomic E-state index is 0.158. The highest BCUT2D eigenvalue weighted by Gasteiger charge is 2.07. The summed E-state index contributed by atoms with van der Waals surface area (Å²) in [5, 5.41) is 1.10. The molecule has 2 aromatic rings. The fourth-order valence-electron chi connectivity index (χ4n) is 1.62. The summed E-state index contributed by atoms with van der Waals surface area (Å²) in [4.78, 5) is 0. The van der Waals surface area contributed by atoms with Crippen LogP contribution in [-0.2, 0) is 6.54 Å². The van der Waals surface area contributed by atoms with E-state index in [4.69, 9.17) is 28.9 Å². The molecule has 0 atom stereocenters. The molecular formula is C13H10Cl2FN. The van der Waals surface area contributed by atoms with Crippen molar-refractivity contribution in [2.75, 3.05) is 0 Å². The van der Waals surface area contributed by atoms with E-state index in [1.165, 1.54) is 6.07 Å². The van der Waals surface area contributed by atoms with E-state index in [0.29, 0.717) is 15.6 Å². The number of nitrogens with two attached hydrogens (primary N) is 1.